The average Bonchev–Trinajstić information content (AvgIpc) is 2.27. The quantitative estimate of drug-likeness (QED) is 0.867. The molecule has 0 aromatic heterocycles. The molecule has 2 N–H and O–H groups in total. The fourth-order valence-electron chi connectivity index (χ4n) is 1.76. The number of carbonyl (C=O) groups excluding carboxylic acids is 1. The molecule has 118 valence electrons. The molecule has 0 aliphatic rings. The molecule has 0 aliphatic heterocycles. The van der Waals surface area contributed by atoms with E-state index in [1.165, 1.54) is 0 Å². The molecule has 0 saturated heterocycles. The lowest BCUT2D eigenvalue weighted by Gasteiger charge is -2.22. The predicted molar refractivity (Wildman–Crippen MR) is 84.3 cm³/mol. The average molecular weight is 293 g/mol. The molecule has 0 fully saturated rings. The first-order valence-electron chi connectivity index (χ1n) is 7.23. The van der Waals surface area contributed by atoms with E-state index in [1.54, 1.807) is 0 Å². The van der Waals surface area contributed by atoms with Crippen LogP contribution in [-0.4, -0.2) is 23.2 Å². The van der Waals surface area contributed by atoms with Crippen molar-refractivity contribution in [1.29, 1.82) is 0 Å². The van der Waals surface area contributed by atoms with Crippen molar-refractivity contribution in [2.24, 2.45) is 5.73 Å². The highest BCUT2D eigenvalue weighted by molar-refractivity contribution is 5.76. The van der Waals surface area contributed by atoms with Crippen molar-refractivity contribution in [3.63, 3.8) is 0 Å². The van der Waals surface area contributed by atoms with E-state index in [-0.39, 0.29) is 11.6 Å². The standard InChI is InChI=1S/C17H27NO3/c1-16(2,3)20-13-9-7-12(8-10-13)11-14(18)15(19)21-17(4,5)6/h7-10,14H,11,18H2,1-6H3. The number of carbonyl (C=O) groups is 1. The molecule has 0 heterocycles. The number of nitrogens with two attached hydrogens (primary N) is 1. The van der Waals surface area contributed by atoms with Gasteiger partial charge in [0.1, 0.15) is 23.0 Å². The van der Waals surface area contributed by atoms with E-state index in [4.69, 9.17) is 15.2 Å². The smallest absolute Gasteiger partial charge is 0.323 e. The van der Waals surface area contributed by atoms with Crippen LogP contribution in [0.3, 0.4) is 0 Å². The number of hydrogen-bond acceptors (Lipinski definition) is 4. The zero-order valence-electron chi connectivity index (χ0n) is 13.9. The number of ether oxygens (including phenoxy) is 2. The second-order valence-electron chi connectivity index (χ2n) is 7.20. The summed E-state index contributed by atoms with van der Waals surface area (Å²) in [7, 11) is 0. The van der Waals surface area contributed by atoms with Crippen molar-refractivity contribution < 1.29 is 14.3 Å². The van der Waals surface area contributed by atoms with Crippen LogP contribution in [0.1, 0.15) is 47.1 Å². The van der Waals surface area contributed by atoms with Gasteiger partial charge in [-0.2, -0.15) is 0 Å². The van der Waals surface area contributed by atoms with Crippen LogP contribution < -0.4 is 10.5 Å². The highest BCUT2D eigenvalue weighted by atomic mass is 16.6. The maximum absolute atomic E-state index is 11.8. The molecule has 1 unspecified atom stereocenters. The molecular formula is C17H27NO3. The van der Waals surface area contributed by atoms with Crippen LogP contribution in [0.4, 0.5) is 0 Å². The third-order valence-electron chi connectivity index (χ3n) is 2.51. The normalized spacial score (nSPS) is 13.7. The van der Waals surface area contributed by atoms with Gasteiger partial charge in [-0.3, -0.25) is 4.79 Å². The van der Waals surface area contributed by atoms with E-state index in [2.05, 4.69) is 0 Å². The van der Waals surface area contributed by atoms with E-state index in [9.17, 15) is 4.79 Å². The first kappa shape index (κ1) is 17.5. The van der Waals surface area contributed by atoms with Crippen molar-refractivity contribution in [2.45, 2.75) is 65.2 Å². The number of rotatable bonds is 4. The van der Waals surface area contributed by atoms with Gasteiger partial charge in [0.2, 0.25) is 0 Å². The summed E-state index contributed by atoms with van der Waals surface area (Å²) < 4.78 is 11.0. The van der Waals surface area contributed by atoms with Gasteiger partial charge in [0.15, 0.2) is 0 Å². The minimum absolute atomic E-state index is 0.228. The highest BCUT2D eigenvalue weighted by Gasteiger charge is 2.22. The van der Waals surface area contributed by atoms with Crippen molar-refractivity contribution in [2.75, 3.05) is 0 Å². The molecule has 4 nitrogen and oxygen atoms in total. The summed E-state index contributed by atoms with van der Waals surface area (Å²) in [6.45, 7) is 11.5. The van der Waals surface area contributed by atoms with E-state index < -0.39 is 11.6 Å². The van der Waals surface area contributed by atoms with Crippen molar-refractivity contribution >= 4 is 5.97 Å². The Kier molecular flexibility index (Phi) is 5.40. The number of benzene rings is 1. The second-order valence-corrected chi connectivity index (χ2v) is 7.20. The molecule has 21 heavy (non-hydrogen) atoms. The second kappa shape index (κ2) is 6.48. The van der Waals surface area contributed by atoms with Gasteiger partial charge in [-0.05, 0) is 65.7 Å². The molecule has 1 rings (SSSR count). The van der Waals surface area contributed by atoms with Gasteiger partial charge in [0, 0.05) is 0 Å². The summed E-state index contributed by atoms with van der Waals surface area (Å²) in [5.74, 6) is 0.426. The van der Waals surface area contributed by atoms with Crippen LogP contribution in [0.15, 0.2) is 24.3 Å². The molecule has 1 aromatic carbocycles. The van der Waals surface area contributed by atoms with Gasteiger partial charge in [-0.1, -0.05) is 12.1 Å². The summed E-state index contributed by atoms with van der Waals surface area (Å²) in [6.07, 6.45) is 0.449. The van der Waals surface area contributed by atoms with Gasteiger partial charge in [-0.15, -0.1) is 0 Å². The minimum Gasteiger partial charge on any atom is -0.488 e. The molecule has 0 aliphatic carbocycles. The van der Waals surface area contributed by atoms with Crippen LogP contribution in [0.25, 0.3) is 0 Å². The number of esters is 1. The Morgan fingerprint density at radius 2 is 1.57 bits per heavy atom. The van der Waals surface area contributed by atoms with E-state index in [0.29, 0.717) is 6.42 Å². The first-order chi connectivity index (χ1) is 9.46. The fourth-order valence-corrected chi connectivity index (χ4v) is 1.76. The molecule has 0 spiro atoms. The van der Waals surface area contributed by atoms with Gasteiger partial charge in [0.25, 0.3) is 0 Å². The summed E-state index contributed by atoms with van der Waals surface area (Å²) in [4.78, 5) is 11.8. The molecule has 1 atom stereocenters. The zero-order chi connectivity index (χ0) is 16.3. The van der Waals surface area contributed by atoms with Crippen LogP contribution in [0, 0.1) is 0 Å². The zero-order valence-corrected chi connectivity index (χ0v) is 13.9. The van der Waals surface area contributed by atoms with E-state index in [1.807, 2.05) is 65.8 Å². The van der Waals surface area contributed by atoms with Gasteiger partial charge in [0.05, 0.1) is 0 Å². The molecule has 0 bridgehead atoms. The summed E-state index contributed by atoms with van der Waals surface area (Å²) in [5.41, 5.74) is 6.13. The monoisotopic (exact) mass is 293 g/mol. The molecule has 0 saturated carbocycles. The molecule has 0 radical (unpaired) electrons. The lowest BCUT2D eigenvalue weighted by molar-refractivity contribution is -0.156. The summed E-state index contributed by atoms with van der Waals surface area (Å²) in [5, 5.41) is 0. The van der Waals surface area contributed by atoms with Crippen LogP contribution in [0.2, 0.25) is 0 Å². The van der Waals surface area contributed by atoms with Crippen LogP contribution in [0.5, 0.6) is 5.75 Å². The Morgan fingerprint density at radius 1 is 1.05 bits per heavy atom. The van der Waals surface area contributed by atoms with E-state index in [0.717, 1.165) is 11.3 Å². The Balaban J connectivity index is 2.61. The summed E-state index contributed by atoms with van der Waals surface area (Å²) >= 11 is 0. The Hall–Kier alpha value is -1.55. The Labute approximate surface area is 127 Å². The fraction of sp³-hybridized carbons (Fsp3) is 0.588. The summed E-state index contributed by atoms with van der Waals surface area (Å²) in [6, 6.07) is 6.97. The van der Waals surface area contributed by atoms with Crippen LogP contribution >= 0.6 is 0 Å². The van der Waals surface area contributed by atoms with Crippen LogP contribution in [-0.2, 0) is 16.0 Å². The topological polar surface area (TPSA) is 61.5 Å². The third kappa shape index (κ3) is 7.14. The predicted octanol–water partition coefficient (Wildman–Crippen LogP) is 3.08. The molecule has 1 aromatic rings. The van der Waals surface area contributed by atoms with Gasteiger partial charge in [-0.25, -0.2) is 0 Å². The minimum atomic E-state index is -0.654. The van der Waals surface area contributed by atoms with Gasteiger partial charge >= 0.3 is 5.97 Å². The molecule has 0 amide bonds. The molecule has 4 heteroatoms. The maximum atomic E-state index is 11.8. The Bertz CT molecular complexity index is 466. The maximum Gasteiger partial charge on any atom is 0.323 e. The largest absolute Gasteiger partial charge is 0.488 e. The first-order valence-corrected chi connectivity index (χ1v) is 7.23. The van der Waals surface area contributed by atoms with Crippen molar-refractivity contribution in [3.05, 3.63) is 29.8 Å². The molecular weight excluding hydrogens is 266 g/mol. The lowest BCUT2D eigenvalue weighted by Crippen LogP contribution is -2.38. The lowest BCUT2D eigenvalue weighted by atomic mass is 10.1. The van der Waals surface area contributed by atoms with Crippen molar-refractivity contribution in [3.8, 4) is 5.75 Å². The van der Waals surface area contributed by atoms with Gasteiger partial charge < -0.3 is 15.2 Å². The Morgan fingerprint density at radius 3 is 2.00 bits per heavy atom. The van der Waals surface area contributed by atoms with E-state index >= 15 is 0 Å². The highest BCUT2D eigenvalue weighted by Crippen LogP contribution is 2.19. The SMILES string of the molecule is CC(C)(C)OC(=O)C(N)Cc1ccc(OC(C)(C)C)cc1. The third-order valence-corrected chi connectivity index (χ3v) is 2.51. The van der Waals surface area contributed by atoms with Crippen molar-refractivity contribution in [1.82, 2.24) is 0 Å². The number of hydrogen-bond donors (Lipinski definition) is 1.